The van der Waals surface area contributed by atoms with Crippen molar-refractivity contribution >= 4 is 17.1 Å². The molecule has 0 aliphatic carbocycles. The number of hydrogen-bond acceptors (Lipinski definition) is 8. The zero-order valence-corrected chi connectivity index (χ0v) is 14.4. The largest absolute Gasteiger partial charge is 0.394 e. The Labute approximate surface area is 149 Å². The van der Waals surface area contributed by atoms with Crippen LogP contribution in [0.25, 0.3) is 11.2 Å². The number of aromatic nitrogens is 4. The fraction of sp³-hybridized carbons (Fsp3) is 0.688. The lowest BCUT2D eigenvalue weighted by Crippen LogP contribution is -2.37. The highest BCUT2D eigenvalue weighted by Gasteiger charge is 2.45. The molecule has 4 N–H and O–H groups in total. The van der Waals surface area contributed by atoms with Gasteiger partial charge < -0.3 is 29.9 Å². The maximum Gasteiger partial charge on any atom is 0.278 e. The monoisotopic (exact) mass is 365 g/mol. The molecule has 0 saturated carbocycles. The number of aliphatic hydroxyl groups is 3. The predicted molar refractivity (Wildman–Crippen MR) is 91.8 cm³/mol. The lowest BCUT2D eigenvalue weighted by Gasteiger charge is -2.32. The van der Waals surface area contributed by atoms with Gasteiger partial charge in [-0.2, -0.15) is 0 Å². The van der Waals surface area contributed by atoms with Gasteiger partial charge >= 0.3 is 0 Å². The molecule has 2 aliphatic heterocycles. The normalized spacial score (nSPS) is 30.4. The molecule has 0 bridgehead atoms. The maximum atomic E-state index is 12.2. The Hall–Kier alpha value is -2.01. The molecule has 26 heavy (non-hydrogen) atoms. The molecule has 4 atom stereocenters. The van der Waals surface area contributed by atoms with Crippen LogP contribution in [0.3, 0.4) is 0 Å². The van der Waals surface area contributed by atoms with Crippen LogP contribution < -0.4 is 10.5 Å². The molecule has 4 heterocycles. The summed E-state index contributed by atoms with van der Waals surface area (Å²) in [6, 6.07) is 0. The van der Waals surface area contributed by atoms with Crippen LogP contribution in [0.5, 0.6) is 0 Å². The highest BCUT2D eigenvalue weighted by molar-refractivity contribution is 5.73. The first-order valence-corrected chi connectivity index (χ1v) is 8.84. The topological polar surface area (TPSA) is 137 Å². The molecule has 0 amide bonds. The summed E-state index contributed by atoms with van der Waals surface area (Å²) in [6.45, 7) is 3.29. The number of anilines is 1. The smallest absolute Gasteiger partial charge is 0.278 e. The van der Waals surface area contributed by atoms with Crippen LogP contribution in [0.4, 0.5) is 5.95 Å². The van der Waals surface area contributed by atoms with E-state index in [0.717, 1.165) is 25.9 Å². The number of hydrogen-bond donors (Lipinski definition) is 4. The van der Waals surface area contributed by atoms with Gasteiger partial charge in [0.25, 0.3) is 5.56 Å². The van der Waals surface area contributed by atoms with E-state index in [-0.39, 0.29) is 16.7 Å². The summed E-state index contributed by atoms with van der Waals surface area (Å²) in [5.41, 5.74) is 0.0446. The predicted octanol–water partition coefficient (Wildman–Crippen LogP) is -1.03. The third kappa shape index (κ3) is 2.69. The van der Waals surface area contributed by atoms with E-state index in [4.69, 9.17) is 4.74 Å². The Kier molecular flexibility index (Phi) is 4.43. The van der Waals surface area contributed by atoms with Gasteiger partial charge in [-0.3, -0.25) is 9.36 Å². The van der Waals surface area contributed by atoms with Gasteiger partial charge in [0.2, 0.25) is 5.95 Å². The van der Waals surface area contributed by atoms with Crippen molar-refractivity contribution in [1.29, 1.82) is 0 Å². The van der Waals surface area contributed by atoms with Crippen LogP contribution >= 0.6 is 0 Å². The molecule has 2 aromatic heterocycles. The lowest BCUT2D eigenvalue weighted by atomic mass is 10.00. The number of ether oxygens (including phenoxy) is 1. The first-order valence-electron chi connectivity index (χ1n) is 8.84. The van der Waals surface area contributed by atoms with Crippen molar-refractivity contribution in [3.05, 3.63) is 16.7 Å². The van der Waals surface area contributed by atoms with Crippen LogP contribution in [0.15, 0.2) is 11.1 Å². The van der Waals surface area contributed by atoms with Crippen molar-refractivity contribution in [2.75, 3.05) is 24.6 Å². The van der Waals surface area contributed by atoms with E-state index >= 15 is 0 Å². The van der Waals surface area contributed by atoms with E-state index in [2.05, 4.69) is 21.9 Å². The molecule has 2 saturated heterocycles. The molecular formula is C16H23N5O5. The lowest BCUT2D eigenvalue weighted by molar-refractivity contribution is -0.0505. The Morgan fingerprint density at radius 2 is 2.04 bits per heavy atom. The van der Waals surface area contributed by atoms with Crippen LogP contribution in [0.1, 0.15) is 26.0 Å². The molecule has 0 spiro atoms. The number of piperidine rings is 1. The molecule has 2 fully saturated rings. The van der Waals surface area contributed by atoms with Gasteiger partial charge in [-0.15, -0.1) is 0 Å². The van der Waals surface area contributed by atoms with Crippen molar-refractivity contribution in [2.24, 2.45) is 5.92 Å². The zero-order chi connectivity index (χ0) is 18.4. The van der Waals surface area contributed by atoms with Crippen molar-refractivity contribution in [3.63, 3.8) is 0 Å². The molecule has 142 valence electrons. The third-order valence-electron chi connectivity index (χ3n) is 5.30. The first kappa shape index (κ1) is 17.4. The molecule has 0 unspecified atom stereocenters. The van der Waals surface area contributed by atoms with E-state index < -0.39 is 31.1 Å². The van der Waals surface area contributed by atoms with Crippen LogP contribution in [0.2, 0.25) is 0 Å². The third-order valence-corrected chi connectivity index (χ3v) is 5.30. The molecule has 0 radical (unpaired) electrons. The minimum Gasteiger partial charge on any atom is -0.394 e. The van der Waals surface area contributed by atoms with Crippen LogP contribution in [0, 0.1) is 5.92 Å². The quantitative estimate of drug-likeness (QED) is 0.542. The van der Waals surface area contributed by atoms with Gasteiger partial charge in [0.15, 0.2) is 17.4 Å². The molecule has 2 aliphatic rings. The van der Waals surface area contributed by atoms with Gasteiger partial charge in [-0.25, -0.2) is 9.97 Å². The first-order chi connectivity index (χ1) is 12.5. The van der Waals surface area contributed by atoms with Crippen LogP contribution in [-0.2, 0) is 4.74 Å². The summed E-state index contributed by atoms with van der Waals surface area (Å²) in [5, 5.41) is 29.9. The van der Waals surface area contributed by atoms with Gasteiger partial charge in [0.1, 0.15) is 18.3 Å². The minimum absolute atomic E-state index is 0.152. The number of aromatic amines is 1. The SMILES string of the molecule is CC1CCN(c2nc3c(=O)[nH]cnc3n2[C@H]2O[C@@H](CO)[C@@H](O)[C@H]2O)CC1. The summed E-state index contributed by atoms with van der Waals surface area (Å²) in [5.74, 6) is 1.09. The average molecular weight is 365 g/mol. The average Bonchev–Trinajstić information content (AvgIpc) is 3.15. The van der Waals surface area contributed by atoms with E-state index in [1.54, 1.807) is 4.57 Å². The molecule has 0 aromatic carbocycles. The Balaban J connectivity index is 1.83. The van der Waals surface area contributed by atoms with Crippen molar-refractivity contribution < 1.29 is 20.1 Å². The van der Waals surface area contributed by atoms with Gasteiger partial charge in [0.05, 0.1) is 12.9 Å². The van der Waals surface area contributed by atoms with E-state index in [1.165, 1.54) is 6.33 Å². The highest BCUT2D eigenvalue weighted by atomic mass is 16.6. The van der Waals surface area contributed by atoms with Crippen molar-refractivity contribution in [1.82, 2.24) is 19.5 Å². The number of nitrogens with zero attached hydrogens (tertiary/aromatic N) is 4. The Bertz CT molecular complexity index is 843. The number of nitrogens with one attached hydrogen (secondary N) is 1. The number of fused-ring (bicyclic) bond motifs is 1. The molecule has 2 aromatic rings. The van der Waals surface area contributed by atoms with Crippen LogP contribution in [-0.4, -0.2) is 72.8 Å². The fourth-order valence-corrected chi connectivity index (χ4v) is 3.67. The summed E-state index contributed by atoms with van der Waals surface area (Å²) in [4.78, 5) is 25.4. The standard InChI is InChI=1S/C16H23N5O5/c1-8-2-4-20(5-3-8)16-19-10-13(17-7-18-14(10)25)21(16)15-12(24)11(23)9(6-22)26-15/h7-9,11-12,15,22-24H,2-6H2,1H3,(H,17,18,25)/t9-,11+,12+,15-/m0/s1. The summed E-state index contributed by atoms with van der Waals surface area (Å²) in [6.07, 6.45) is -1.16. The maximum absolute atomic E-state index is 12.2. The van der Waals surface area contributed by atoms with Gasteiger partial charge in [0, 0.05) is 13.1 Å². The summed E-state index contributed by atoms with van der Waals surface area (Å²) >= 11 is 0. The second-order valence-corrected chi connectivity index (χ2v) is 7.08. The molecule has 10 heteroatoms. The van der Waals surface area contributed by atoms with Gasteiger partial charge in [-0.1, -0.05) is 6.92 Å². The number of H-pyrrole nitrogens is 1. The van der Waals surface area contributed by atoms with E-state index in [0.29, 0.717) is 11.9 Å². The molecular weight excluding hydrogens is 342 g/mol. The van der Waals surface area contributed by atoms with E-state index in [1.807, 2.05) is 4.90 Å². The van der Waals surface area contributed by atoms with Crippen molar-refractivity contribution in [3.8, 4) is 0 Å². The minimum atomic E-state index is -1.27. The Morgan fingerprint density at radius 1 is 1.31 bits per heavy atom. The number of rotatable bonds is 3. The second-order valence-electron chi connectivity index (χ2n) is 7.08. The summed E-state index contributed by atoms with van der Waals surface area (Å²) in [7, 11) is 0. The number of aliphatic hydroxyl groups excluding tert-OH is 3. The fourth-order valence-electron chi connectivity index (χ4n) is 3.67. The summed E-state index contributed by atoms with van der Waals surface area (Å²) < 4.78 is 7.23. The second kappa shape index (κ2) is 6.62. The Morgan fingerprint density at radius 3 is 2.69 bits per heavy atom. The number of imidazole rings is 1. The van der Waals surface area contributed by atoms with E-state index in [9.17, 15) is 20.1 Å². The molecule has 4 rings (SSSR count). The molecule has 10 nitrogen and oxygen atoms in total. The van der Waals surface area contributed by atoms with Gasteiger partial charge in [-0.05, 0) is 18.8 Å². The highest BCUT2D eigenvalue weighted by Crippen LogP contribution is 2.35. The zero-order valence-electron chi connectivity index (χ0n) is 14.4. The van der Waals surface area contributed by atoms with Crippen molar-refractivity contribution in [2.45, 2.75) is 44.3 Å².